The summed E-state index contributed by atoms with van der Waals surface area (Å²) in [6.45, 7) is 7.10. The number of anilines is 1. The zero-order valence-corrected chi connectivity index (χ0v) is 14.7. The van der Waals surface area contributed by atoms with E-state index in [0.717, 1.165) is 42.9 Å². The zero-order chi connectivity index (χ0) is 17.2. The van der Waals surface area contributed by atoms with Gasteiger partial charge in [0.2, 0.25) is 0 Å². The van der Waals surface area contributed by atoms with Gasteiger partial charge in [0.15, 0.2) is 18.0 Å². The van der Waals surface area contributed by atoms with E-state index in [1.54, 1.807) is 0 Å². The number of morpholine rings is 1. The molecule has 1 aliphatic heterocycles. The molecule has 0 bridgehead atoms. The smallest absolute Gasteiger partial charge is 0.360 e. The van der Waals surface area contributed by atoms with Crippen LogP contribution in [0.4, 0.5) is 5.69 Å². The molecular weight excluding hydrogens is 306 g/mol. The molecule has 1 fully saturated rings. The maximum absolute atomic E-state index is 9.26. The molecule has 132 valence electrons. The third kappa shape index (κ3) is 4.98. The Bertz CT molecular complexity index is 571. The van der Waals surface area contributed by atoms with E-state index in [1.165, 1.54) is 0 Å². The highest BCUT2D eigenvalue weighted by Gasteiger charge is 2.30. The maximum atomic E-state index is 9.26. The molecular formula is C18H27N3O3. The largest absolute Gasteiger partial charge is 0.497 e. The van der Waals surface area contributed by atoms with Crippen LogP contribution in [0.1, 0.15) is 39.5 Å². The molecule has 0 spiro atoms. The van der Waals surface area contributed by atoms with Crippen molar-refractivity contribution in [2.24, 2.45) is 0 Å². The van der Waals surface area contributed by atoms with Gasteiger partial charge in [-0.15, -0.1) is 0 Å². The molecule has 0 amide bonds. The van der Waals surface area contributed by atoms with Crippen molar-refractivity contribution in [1.29, 1.82) is 0 Å². The number of rotatable bonds is 9. The topological polar surface area (TPSA) is 67.3 Å². The van der Waals surface area contributed by atoms with Gasteiger partial charge in [-0.05, 0) is 25.0 Å². The van der Waals surface area contributed by atoms with E-state index in [2.05, 4.69) is 18.6 Å². The Balaban J connectivity index is 2.24. The molecule has 1 aromatic rings. The molecule has 0 aromatic heterocycles. The van der Waals surface area contributed by atoms with Gasteiger partial charge in [0.1, 0.15) is 12.3 Å². The Morgan fingerprint density at radius 1 is 1.17 bits per heavy atom. The first-order valence-corrected chi connectivity index (χ1v) is 8.76. The Morgan fingerprint density at radius 2 is 1.92 bits per heavy atom. The van der Waals surface area contributed by atoms with Gasteiger partial charge in [-0.1, -0.05) is 26.7 Å². The van der Waals surface area contributed by atoms with Gasteiger partial charge >= 0.3 is 5.84 Å². The molecule has 1 saturated heterocycles. The van der Waals surface area contributed by atoms with Crippen LogP contribution in [0.3, 0.4) is 0 Å². The SMILES string of the molecule is CCCCOc1ccc(OCCCC)c(N2CCOCC2=[N+]=[N-])c1. The molecule has 0 atom stereocenters. The molecule has 6 nitrogen and oxygen atoms in total. The van der Waals surface area contributed by atoms with Gasteiger partial charge in [0.05, 0.1) is 19.8 Å². The average Bonchev–Trinajstić information content (AvgIpc) is 2.63. The van der Waals surface area contributed by atoms with E-state index in [9.17, 15) is 5.53 Å². The fraction of sp³-hybridized carbons (Fsp3) is 0.611. The lowest BCUT2D eigenvalue weighted by molar-refractivity contribution is -0.0244. The minimum Gasteiger partial charge on any atom is -0.497 e. The number of benzene rings is 1. The van der Waals surface area contributed by atoms with Gasteiger partial charge in [0, 0.05) is 6.07 Å². The van der Waals surface area contributed by atoms with E-state index >= 15 is 0 Å². The molecule has 0 unspecified atom stereocenters. The van der Waals surface area contributed by atoms with Crippen LogP contribution in [-0.4, -0.2) is 43.6 Å². The number of hydrogen-bond acceptors (Lipinski definition) is 3. The summed E-state index contributed by atoms with van der Waals surface area (Å²) in [5.74, 6) is 2.05. The fourth-order valence-electron chi connectivity index (χ4n) is 2.45. The lowest BCUT2D eigenvalue weighted by Crippen LogP contribution is -2.42. The minimum absolute atomic E-state index is 0.284. The third-order valence-electron chi connectivity index (χ3n) is 3.86. The summed E-state index contributed by atoms with van der Waals surface area (Å²) >= 11 is 0. The maximum Gasteiger partial charge on any atom is 0.360 e. The van der Waals surface area contributed by atoms with Crippen LogP contribution in [0.25, 0.3) is 5.53 Å². The van der Waals surface area contributed by atoms with Gasteiger partial charge in [-0.3, -0.25) is 0 Å². The van der Waals surface area contributed by atoms with Crippen molar-refractivity contribution in [3.05, 3.63) is 23.7 Å². The van der Waals surface area contributed by atoms with Crippen LogP contribution in [0.15, 0.2) is 18.2 Å². The standard InChI is InChI=1S/C18H27N3O3/c1-3-5-10-23-15-7-8-17(24-11-6-4-2)16(13-15)21-9-12-22-14-18(21)20-19/h7-8,13H,3-6,9-12,14H2,1-2H3. The van der Waals surface area contributed by atoms with Gasteiger partial charge in [-0.2, -0.15) is 0 Å². The van der Waals surface area contributed by atoms with Crippen molar-refractivity contribution in [2.75, 3.05) is 37.9 Å². The normalized spacial score (nSPS) is 14.4. The van der Waals surface area contributed by atoms with Crippen molar-refractivity contribution in [3.8, 4) is 11.5 Å². The second-order valence-electron chi connectivity index (χ2n) is 5.75. The second kappa shape index (κ2) is 9.96. The molecule has 1 heterocycles. The number of ether oxygens (including phenoxy) is 3. The first-order valence-electron chi connectivity index (χ1n) is 8.76. The van der Waals surface area contributed by atoms with Gasteiger partial charge in [0.25, 0.3) is 0 Å². The molecule has 0 saturated carbocycles. The molecule has 1 aliphatic rings. The highest BCUT2D eigenvalue weighted by atomic mass is 16.5. The summed E-state index contributed by atoms with van der Waals surface area (Å²) in [4.78, 5) is 5.30. The second-order valence-corrected chi connectivity index (χ2v) is 5.75. The number of unbranched alkanes of at least 4 members (excludes halogenated alkanes) is 2. The first-order chi connectivity index (χ1) is 11.8. The molecule has 1 aromatic carbocycles. The average molecular weight is 333 g/mol. The van der Waals surface area contributed by atoms with E-state index in [4.69, 9.17) is 14.2 Å². The molecule has 0 aliphatic carbocycles. The summed E-state index contributed by atoms with van der Waals surface area (Å²) in [6.07, 6.45) is 4.19. The summed E-state index contributed by atoms with van der Waals surface area (Å²) in [5, 5.41) is 0. The van der Waals surface area contributed by atoms with E-state index in [1.807, 2.05) is 23.1 Å². The van der Waals surface area contributed by atoms with Crippen molar-refractivity contribution in [1.82, 2.24) is 0 Å². The summed E-state index contributed by atoms with van der Waals surface area (Å²) in [6, 6.07) is 5.81. The van der Waals surface area contributed by atoms with Crippen LogP contribution in [0, 0.1) is 0 Å². The van der Waals surface area contributed by atoms with Gasteiger partial charge < -0.3 is 24.5 Å². The highest BCUT2D eigenvalue weighted by molar-refractivity contribution is 5.96. The van der Waals surface area contributed by atoms with E-state index in [-0.39, 0.29) is 6.61 Å². The minimum atomic E-state index is 0.284. The van der Waals surface area contributed by atoms with Crippen LogP contribution in [0.5, 0.6) is 11.5 Å². The van der Waals surface area contributed by atoms with Crippen LogP contribution in [0.2, 0.25) is 0 Å². The lowest BCUT2D eigenvalue weighted by Gasteiger charge is -2.23. The number of amidine groups is 1. The number of hydrogen-bond donors (Lipinski definition) is 0. The molecule has 2 rings (SSSR count). The monoisotopic (exact) mass is 333 g/mol. The highest BCUT2D eigenvalue weighted by Crippen LogP contribution is 2.33. The summed E-state index contributed by atoms with van der Waals surface area (Å²) in [7, 11) is 0. The Labute approximate surface area is 143 Å². The summed E-state index contributed by atoms with van der Waals surface area (Å²) in [5.41, 5.74) is 10.1. The number of nitrogens with zero attached hydrogens (tertiary/aromatic N) is 3. The first kappa shape index (κ1) is 18.3. The third-order valence-corrected chi connectivity index (χ3v) is 3.86. The zero-order valence-electron chi connectivity index (χ0n) is 14.7. The Hall–Kier alpha value is -2.04. The molecule has 0 radical (unpaired) electrons. The van der Waals surface area contributed by atoms with Crippen molar-refractivity contribution in [3.63, 3.8) is 0 Å². The van der Waals surface area contributed by atoms with Crippen LogP contribution in [-0.2, 0) is 4.74 Å². The fourth-order valence-corrected chi connectivity index (χ4v) is 2.45. The molecule has 0 N–H and O–H groups in total. The van der Waals surface area contributed by atoms with Crippen LogP contribution < -0.4 is 14.4 Å². The lowest BCUT2D eigenvalue weighted by atomic mass is 10.2. The summed E-state index contributed by atoms with van der Waals surface area (Å²) < 4.78 is 17.1. The quantitative estimate of drug-likeness (QED) is 0.394. The predicted octanol–water partition coefficient (Wildman–Crippen LogP) is 3.51. The molecule has 24 heavy (non-hydrogen) atoms. The van der Waals surface area contributed by atoms with Gasteiger partial charge in [-0.25, -0.2) is 4.90 Å². The molecule has 6 heteroatoms. The van der Waals surface area contributed by atoms with Crippen molar-refractivity contribution < 1.29 is 19.0 Å². The van der Waals surface area contributed by atoms with Crippen molar-refractivity contribution in [2.45, 2.75) is 39.5 Å². The van der Waals surface area contributed by atoms with E-state index < -0.39 is 0 Å². The van der Waals surface area contributed by atoms with E-state index in [0.29, 0.717) is 32.2 Å². The Morgan fingerprint density at radius 3 is 2.62 bits per heavy atom. The van der Waals surface area contributed by atoms with Crippen LogP contribution >= 0.6 is 0 Å². The predicted molar refractivity (Wildman–Crippen MR) is 94.0 cm³/mol. The Kier molecular flexibility index (Phi) is 7.59. The van der Waals surface area contributed by atoms with Crippen molar-refractivity contribution >= 4 is 11.5 Å².